The Labute approximate surface area is 114 Å². The van der Waals surface area contributed by atoms with Gasteiger partial charge in [0, 0.05) is 16.5 Å². The largest absolute Gasteiger partial charge is 0.487 e. The van der Waals surface area contributed by atoms with Crippen LogP contribution in [0, 0.1) is 0 Å². The van der Waals surface area contributed by atoms with Crippen LogP contribution in [0.1, 0.15) is 30.9 Å². The predicted octanol–water partition coefficient (Wildman–Crippen LogP) is 3.53. The molecule has 4 heteroatoms. The highest BCUT2D eigenvalue weighted by molar-refractivity contribution is 9.10. The number of benzene rings is 1. The molecule has 0 saturated carbocycles. The third-order valence-electron chi connectivity index (χ3n) is 3.63. The van der Waals surface area contributed by atoms with E-state index in [1.807, 2.05) is 30.0 Å². The third kappa shape index (κ3) is 2.23. The van der Waals surface area contributed by atoms with Crippen LogP contribution in [0.15, 0.2) is 22.7 Å². The second kappa shape index (κ2) is 4.48. The molecule has 0 aliphatic carbocycles. The van der Waals surface area contributed by atoms with Crippen molar-refractivity contribution in [1.29, 1.82) is 0 Å². The van der Waals surface area contributed by atoms with Crippen LogP contribution in [0.2, 0.25) is 0 Å². The Morgan fingerprint density at radius 3 is 2.88 bits per heavy atom. The van der Waals surface area contributed by atoms with E-state index >= 15 is 0 Å². The van der Waals surface area contributed by atoms with Crippen LogP contribution in [-0.4, -0.2) is 22.2 Å². The van der Waals surface area contributed by atoms with E-state index in [4.69, 9.17) is 4.74 Å². The van der Waals surface area contributed by atoms with Gasteiger partial charge in [0.05, 0.1) is 6.10 Å². The van der Waals surface area contributed by atoms with Crippen molar-refractivity contribution in [2.45, 2.75) is 31.0 Å². The molecule has 2 heterocycles. The van der Waals surface area contributed by atoms with Crippen LogP contribution in [0.3, 0.4) is 0 Å². The minimum Gasteiger partial charge on any atom is -0.487 e. The zero-order valence-electron chi connectivity index (χ0n) is 9.49. The van der Waals surface area contributed by atoms with Crippen molar-refractivity contribution in [1.82, 2.24) is 0 Å². The molecule has 1 N–H and O–H groups in total. The van der Waals surface area contributed by atoms with Gasteiger partial charge in [-0.05, 0) is 36.5 Å². The van der Waals surface area contributed by atoms with Gasteiger partial charge >= 0.3 is 0 Å². The lowest BCUT2D eigenvalue weighted by molar-refractivity contribution is -0.0198. The van der Waals surface area contributed by atoms with E-state index in [9.17, 15) is 5.11 Å². The minimum atomic E-state index is -0.380. The molecule has 17 heavy (non-hydrogen) atoms. The lowest BCUT2D eigenvalue weighted by atomic mass is 9.84. The normalized spacial score (nSPS) is 26.4. The zero-order chi connectivity index (χ0) is 11.9. The number of rotatable bonds is 0. The summed E-state index contributed by atoms with van der Waals surface area (Å²) in [5.41, 5.74) is 0.801. The van der Waals surface area contributed by atoms with E-state index in [1.165, 1.54) is 0 Å². The van der Waals surface area contributed by atoms with E-state index in [2.05, 4.69) is 15.9 Å². The standard InChI is InChI=1S/C13H15BrO2S/c14-9-1-2-10-11(15)8-13(16-12(10)7-9)3-5-17-6-4-13/h1-2,7,11,15H,3-6,8H2. The summed E-state index contributed by atoms with van der Waals surface area (Å²) in [4.78, 5) is 0. The molecule has 1 unspecified atom stereocenters. The fourth-order valence-electron chi connectivity index (χ4n) is 2.66. The number of hydrogen-bond acceptors (Lipinski definition) is 3. The number of aliphatic hydroxyl groups is 1. The average Bonchev–Trinajstić information content (AvgIpc) is 2.29. The first-order valence-electron chi connectivity index (χ1n) is 5.93. The van der Waals surface area contributed by atoms with E-state index in [1.54, 1.807) is 0 Å². The monoisotopic (exact) mass is 314 g/mol. The summed E-state index contributed by atoms with van der Waals surface area (Å²) in [5.74, 6) is 3.12. The van der Waals surface area contributed by atoms with Crippen LogP contribution in [0.25, 0.3) is 0 Å². The van der Waals surface area contributed by atoms with Gasteiger partial charge in [-0.3, -0.25) is 0 Å². The van der Waals surface area contributed by atoms with Crippen LogP contribution in [0.5, 0.6) is 5.75 Å². The molecule has 92 valence electrons. The summed E-state index contributed by atoms with van der Waals surface area (Å²) in [6.45, 7) is 0. The second-order valence-electron chi connectivity index (χ2n) is 4.80. The smallest absolute Gasteiger partial charge is 0.127 e. The lowest BCUT2D eigenvalue weighted by Crippen LogP contribution is -2.44. The Hall–Kier alpha value is -0.190. The molecule has 1 aromatic rings. The average molecular weight is 315 g/mol. The molecule has 0 radical (unpaired) electrons. The summed E-state index contributed by atoms with van der Waals surface area (Å²) in [5, 5.41) is 10.3. The Morgan fingerprint density at radius 2 is 2.12 bits per heavy atom. The summed E-state index contributed by atoms with van der Waals surface area (Å²) in [6, 6.07) is 5.88. The van der Waals surface area contributed by atoms with Crippen molar-refractivity contribution in [3.05, 3.63) is 28.2 Å². The van der Waals surface area contributed by atoms with Gasteiger partial charge in [0.1, 0.15) is 11.4 Å². The molecule has 0 aromatic heterocycles. The maximum Gasteiger partial charge on any atom is 0.127 e. The number of aliphatic hydroxyl groups excluding tert-OH is 1. The molecule has 2 aliphatic heterocycles. The lowest BCUT2D eigenvalue weighted by Gasteiger charge is -2.43. The van der Waals surface area contributed by atoms with E-state index in [0.29, 0.717) is 0 Å². The second-order valence-corrected chi connectivity index (χ2v) is 6.94. The van der Waals surface area contributed by atoms with Crippen molar-refractivity contribution in [2.75, 3.05) is 11.5 Å². The van der Waals surface area contributed by atoms with Gasteiger partial charge in [0.2, 0.25) is 0 Å². The quantitative estimate of drug-likeness (QED) is 0.794. The van der Waals surface area contributed by atoms with Crippen molar-refractivity contribution >= 4 is 27.7 Å². The van der Waals surface area contributed by atoms with Gasteiger partial charge in [-0.15, -0.1) is 0 Å². The number of fused-ring (bicyclic) bond motifs is 1. The minimum absolute atomic E-state index is 0.127. The van der Waals surface area contributed by atoms with E-state index in [0.717, 1.165) is 46.6 Å². The molecule has 1 atom stereocenters. The van der Waals surface area contributed by atoms with Crippen molar-refractivity contribution in [3.8, 4) is 5.75 Å². The molecule has 2 aliphatic rings. The summed E-state index contributed by atoms with van der Waals surface area (Å²) < 4.78 is 7.21. The maximum atomic E-state index is 10.3. The number of halogens is 1. The fourth-order valence-corrected chi connectivity index (χ4v) is 4.24. The zero-order valence-corrected chi connectivity index (χ0v) is 11.9. The molecule has 1 aromatic carbocycles. The summed E-state index contributed by atoms with van der Waals surface area (Å²) in [6.07, 6.45) is 2.44. The first-order valence-corrected chi connectivity index (χ1v) is 7.88. The van der Waals surface area contributed by atoms with Gasteiger partial charge in [-0.2, -0.15) is 11.8 Å². The number of thioether (sulfide) groups is 1. The first kappa shape index (κ1) is 11.9. The Morgan fingerprint density at radius 1 is 1.35 bits per heavy atom. The molecule has 0 bridgehead atoms. The Balaban J connectivity index is 1.95. The van der Waals surface area contributed by atoms with Crippen LogP contribution < -0.4 is 4.74 Å². The number of ether oxygens (including phenoxy) is 1. The van der Waals surface area contributed by atoms with Gasteiger partial charge in [-0.25, -0.2) is 0 Å². The first-order chi connectivity index (χ1) is 8.19. The molecule has 2 nitrogen and oxygen atoms in total. The summed E-state index contributed by atoms with van der Waals surface area (Å²) >= 11 is 5.43. The van der Waals surface area contributed by atoms with Crippen LogP contribution in [0.4, 0.5) is 0 Å². The number of hydrogen-bond donors (Lipinski definition) is 1. The molecular weight excluding hydrogens is 300 g/mol. The maximum absolute atomic E-state index is 10.3. The molecule has 1 spiro atoms. The SMILES string of the molecule is OC1CC2(CCSCC2)Oc2cc(Br)ccc21. The molecule has 1 fully saturated rings. The van der Waals surface area contributed by atoms with Crippen LogP contribution >= 0.6 is 27.7 Å². The van der Waals surface area contributed by atoms with Gasteiger partial charge < -0.3 is 9.84 Å². The van der Waals surface area contributed by atoms with Gasteiger partial charge in [0.15, 0.2) is 0 Å². The molecule has 1 saturated heterocycles. The van der Waals surface area contributed by atoms with Crippen molar-refractivity contribution < 1.29 is 9.84 Å². The van der Waals surface area contributed by atoms with Gasteiger partial charge in [0.25, 0.3) is 0 Å². The van der Waals surface area contributed by atoms with Crippen LogP contribution in [-0.2, 0) is 0 Å². The third-order valence-corrected chi connectivity index (χ3v) is 5.11. The molecule has 0 amide bonds. The summed E-state index contributed by atoms with van der Waals surface area (Å²) in [7, 11) is 0. The highest BCUT2D eigenvalue weighted by atomic mass is 79.9. The Bertz CT molecular complexity index is 429. The topological polar surface area (TPSA) is 29.5 Å². The molecular formula is C13H15BrO2S. The van der Waals surface area contributed by atoms with Crippen molar-refractivity contribution in [3.63, 3.8) is 0 Å². The highest BCUT2D eigenvalue weighted by Gasteiger charge is 2.41. The van der Waals surface area contributed by atoms with Gasteiger partial charge in [-0.1, -0.05) is 22.0 Å². The predicted molar refractivity (Wildman–Crippen MR) is 73.6 cm³/mol. The van der Waals surface area contributed by atoms with E-state index in [-0.39, 0.29) is 11.7 Å². The Kier molecular flexibility index (Phi) is 3.13. The highest BCUT2D eigenvalue weighted by Crippen LogP contribution is 2.45. The molecule has 3 rings (SSSR count). The fraction of sp³-hybridized carbons (Fsp3) is 0.538. The van der Waals surface area contributed by atoms with Crippen molar-refractivity contribution in [2.24, 2.45) is 0 Å². The van der Waals surface area contributed by atoms with E-state index < -0.39 is 0 Å².